The molecule has 2 rings (SSSR count). The van der Waals surface area contributed by atoms with Crippen molar-refractivity contribution in [3.63, 3.8) is 0 Å². The molecule has 1 aliphatic carbocycles. The maximum Gasteiger partial charge on any atom is 0.248 e. The summed E-state index contributed by atoms with van der Waals surface area (Å²) in [5.41, 5.74) is 0.708. The lowest BCUT2D eigenvalue weighted by Gasteiger charge is -2.31. The van der Waals surface area contributed by atoms with Gasteiger partial charge in [0.05, 0.1) is 6.10 Å². The van der Waals surface area contributed by atoms with Crippen LogP contribution < -0.4 is 0 Å². The molecule has 0 amide bonds. The zero-order valence-electron chi connectivity index (χ0n) is 10.1. The van der Waals surface area contributed by atoms with Gasteiger partial charge in [0.2, 0.25) is 5.92 Å². The van der Waals surface area contributed by atoms with Gasteiger partial charge < -0.3 is 5.11 Å². The van der Waals surface area contributed by atoms with Crippen molar-refractivity contribution in [1.29, 1.82) is 0 Å². The highest BCUT2D eigenvalue weighted by Crippen LogP contribution is 2.37. The average Bonchev–Trinajstić information content (AvgIpc) is 2.28. The van der Waals surface area contributed by atoms with Crippen molar-refractivity contribution in [3.05, 3.63) is 35.6 Å². The van der Waals surface area contributed by atoms with E-state index in [1.165, 1.54) is 12.1 Å². The van der Waals surface area contributed by atoms with Crippen LogP contribution in [0.5, 0.6) is 0 Å². The summed E-state index contributed by atoms with van der Waals surface area (Å²) < 4.78 is 39.0. The maximum atomic E-state index is 13.0. The fourth-order valence-electron chi connectivity index (χ4n) is 2.52. The molecule has 18 heavy (non-hydrogen) atoms. The Bertz CT molecular complexity index is 396. The van der Waals surface area contributed by atoms with Gasteiger partial charge >= 0.3 is 0 Å². The molecule has 1 atom stereocenters. The van der Waals surface area contributed by atoms with Crippen LogP contribution in [0, 0.1) is 11.7 Å². The first kappa shape index (κ1) is 13.4. The Kier molecular flexibility index (Phi) is 3.95. The van der Waals surface area contributed by atoms with E-state index in [1.807, 2.05) is 0 Å². The number of hydrogen-bond acceptors (Lipinski definition) is 1. The molecular weight excluding hydrogens is 241 g/mol. The fraction of sp³-hybridized carbons (Fsp3) is 0.571. The number of aliphatic hydroxyl groups excluding tert-OH is 1. The highest BCUT2D eigenvalue weighted by molar-refractivity contribution is 5.17. The van der Waals surface area contributed by atoms with Crippen LogP contribution in [0.25, 0.3) is 0 Å². The monoisotopic (exact) mass is 258 g/mol. The normalized spacial score (nSPS) is 21.8. The Morgan fingerprint density at radius 2 is 1.94 bits per heavy atom. The molecule has 1 N–H and O–H groups in total. The number of hydrogen-bond donors (Lipinski definition) is 1. The lowest BCUT2D eigenvalue weighted by molar-refractivity contribution is -0.0619. The molecule has 0 aromatic heterocycles. The van der Waals surface area contributed by atoms with Crippen molar-refractivity contribution in [2.24, 2.45) is 5.92 Å². The number of benzene rings is 1. The molecule has 1 nitrogen and oxygen atoms in total. The van der Waals surface area contributed by atoms with Crippen LogP contribution >= 0.6 is 0 Å². The second-order valence-corrected chi connectivity index (χ2v) is 5.09. The van der Waals surface area contributed by atoms with Crippen LogP contribution in [0.1, 0.15) is 31.2 Å². The summed E-state index contributed by atoms with van der Waals surface area (Å²) in [5, 5.41) is 10.0. The van der Waals surface area contributed by atoms with Gasteiger partial charge in [0.15, 0.2) is 0 Å². The van der Waals surface area contributed by atoms with Crippen LogP contribution in [-0.4, -0.2) is 17.1 Å². The molecule has 100 valence electrons. The summed E-state index contributed by atoms with van der Waals surface area (Å²) in [6.45, 7) is 0. The molecule has 1 unspecified atom stereocenters. The van der Waals surface area contributed by atoms with E-state index in [2.05, 4.69) is 0 Å². The third-order valence-electron chi connectivity index (χ3n) is 3.64. The smallest absolute Gasteiger partial charge is 0.248 e. The van der Waals surface area contributed by atoms with E-state index in [1.54, 1.807) is 12.1 Å². The Hall–Kier alpha value is -1.03. The zero-order chi connectivity index (χ0) is 13.2. The highest BCUT2D eigenvalue weighted by atomic mass is 19.3. The zero-order valence-corrected chi connectivity index (χ0v) is 10.1. The van der Waals surface area contributed by atoms with E-state index in [4.69, 9.17) is 0 Å². The summed E-state index contributed by atoms with van der Waals surface area (Å²) in [5.74, 6) is -3.02. The summed E-state index contributed by atoms with van der Waals surface area (Å²) in [6.07, 6.45) is 0.0272. The minimum atomic E-state index is -2.57. The van der Waals surface area contributed by atoms with E-state index < -0.39 is 12.0 Å². The van der Waals surface area contributed by atoms with Gasteiger partial charge in [0.25, 0.3) is 0 Å². The van der Waals surface area contributed by atoms with Gasteiger partial charge in [-0.25, -0.2) is 13.2 Å². The van der Waals surface area contributed by atoms with Gasteiger partial charge in [0, 0.05) is 12.8 Å². The Morgan fingerprint density at radius 1 is 1.28 bits per heavy atom. The minimum absolute atomic E-state index is 0.104. The summed E-state index contributed by atoms with van der Waals surface area (Å²) in [7, 11) is 0. The number of alkyl halides is 2. The quantitative estimate of drug-likeness (QED) is 0.879. The molecule has 1 aliphatic rings. The van der Waals surface area contributed by atoms with E-state index >= 15 is 0 Å². The lowest BCUT2D eigenvalue weighted by atomic mass is 9.81. The molecule has 1 saturated carbocycles. The number of rotatable bonds is 3. The summed E-state index contributed by atoms with van der Waals surface area (Å²) in [6, 6.07) is 6.05. The summed E-state index contributed by atoms with van der Waals surface area (Å²) in [4.78, 5) is 0. The van der Waals surface area contributed by atoms with E-state index in [9.17, 15) is 18.3 Å². The largest absolute Gasteiger partial charge is 0.392 e. The van der Waals surface area contributed by atoms with Crippen molar-refractivity contribution in [2.45, 2.75) is 44.1 Å². The number of aliphatic hydroxyl groups is 1. The van der Waals surface area contributed by atoms with Crippen LogP contribution in [0.2, 0.25) is 0 Å². The van der Waals surface area contributed by atoms with Crippen molar-refractivity contribution in [2.75, 3.05) is 0 Å². The van der Waals surface area contributed by atoms with Crippen molar-refractivity contribution >= 4 is 0 Å². The highest BCUT2D eigenvalue weighted by Gasteiger charge is 2.37. The van der Waals surface area contributed by atoms with Gasteiger partial charge in [-0.15, -0.1) is 0 Å². The van der Waals surface area contributed by atoms with E-state index in [0.29, 0.717) is 24.8 Å². The molecule has 0 radical (unpaired) electrons. The van der Waals surface area contributed by atoms with Crippen LogP contribution in [0.4, 0.5) is 13.2 Å². The second-order valence-electron chi connectivity index (χ2n) is 5.09. The van der Waals surface area contributed by atoms with Gasteiger partial charge in [-0.1, -0.05) is 12.1 Å². The molecule has 0 spiro atoms. The molecule has 1 aromatic carbocycles. The molecule has 1 aromatic rings. The van der Waals surface area contributed by atoms with Gasteiger partial charge in [-0.05, 0) is 42.9 Å². The first-order valence-electron chi connectivity index (χ1n) is 6.27. The van der Waals surface area contributed by atoms with Gasteiger partial charge in [-0.3, -0.25) is 0 Å². The molecule has 1 fully saturated rings. The first-order valence-corrected chi connectivity index (χ1v) is 6.27. The summed E-state index contributed by atoms with van der Waals surface area (Å²) >= 11 is 0. The molecule has 0 bridgehead atoms. The average molecular weight is 258 g/mol. The van der Waals surface area contributed by atoms with Gasteiger partial charge in [0.1, 0.15) is 5.82 Å². The molecule has 0 heterocycles. The molecular formula is C14H17F3O. The van der Waals surface area contributed by atoms with Gasteiger partial charge in [-0.2, -0.15) is 0 Å². The first-order chi connectivity index (χ1) is 8.46. The molecule has 4 heteroatoms. The molecule has 0 aliphatic heterocycles. The van der Waals surface area contributed by atoms with E-state index in [-0.39, 0.29) is 24.6 Å². The van der Waals surface area contributed by atoms with Crippen LogP contribution in [0.15, 0.2) is 24.3 Å². The minimum Gasteiger partial charge on any atom is -0.392 e. The Morgan fingerprint density at radius 3 is 2.56 bits per heavy atom. The topological polar surface area (TPSA) is 20.2 Å². The van der Waals surface area contributed by atoms with Crippen molar-refractivity contribution in [3.8, 4) is 0 Å². The Balaban J connectivity index is 1.91. The lowest BCUT2D eigenvalue weighted by Crippen LogP contribution is -2.32. The Labute approximate surface area is 105 Å². The second kappa shape index (κ2) is 5.31. The van der Waals surface area contributed by atoms with Crippen LogP contribution in [-0.2, 0) is 6.42 Å². The van der Waals surface area contributed by atoms with Crippen LogP contribution in [0.3, 0.4) is 0 Å². The molecule has 0 saturated heterocycles. The van der Waals surface area contributed by atoms with E-state index in [0.717, 1.165) is 0 Å². The predicted molar refractivity (Wildman–Crippen MR) is 63.0 cm³/mol. The third-order valence-corrected chi connectivity index (χ3v) is 3.64. The third kappa shape index (κ3) is 3.48. The standard InChI is InChI=1S/C14H17F3O/c15-12-3-1-2-10(8-12)9-13(18)11-4-6-14(16,17)7-5-11/h1-3,8,11,13,18H,4-7,9H2. The SMILES string of the molecule is OC(Cc1cccc(F)c1)C1CCC(F)(F)CC1. The number of halogens is 3. The maximum absolute atomic E-state index is 13.0. The predicted octanol–water partition coefficient (Wildman–Crippen LogP) is 3.55. The van der Waals surface area contributed by atoms with Crippen molar-refractivity contribution in [1.82, 2.24) is 0 Å². The fourth-order valence-corrected chi connectivity index (χ4v) is 2.52. The van der Waals surface area contributed by atoms with Crippen molar-refractivity contribution < 1.29 is 18.3 Å².